The predicted octanol–water partition coefficient (Wildman–Crippen LogP) is 4.10. The molecule has 0 aromatic heterocycles. The molecule has 0 saturated heterocycles. The molecule has 0 spiro atoms. The van der Waals surface area contributed by atoms with Gasteiger partial charge >= 0.3 is 0 Å². The molecule has 0 saturated carbocycles. The molecule has 0 radical (unpaired) electrons. The van der Waals surface area contributed by atoms with E-state index in [1.54, 1.807) is 6.92 Å². The molecule has 0 unspecified atom stereocenters. The van der Waals surface area contributed by atoms with E-state index in [9.17, 15) is 0 Å². The van der Waals surface area contributed by atoms with Crippen LogP contribution in [-0.2, 0) is 6.61 Å². The van der Waals surface area contributed by atoms with Crippen molar-refractivity contribution in [1.82, 2.24) is 0 Å². The van der Waals surface area contributed by atoms with E-state index >= 15 is 0 Å². The molecule has 0 aliphatic carbocycles. The minimum atomic E-state index is -0.280. The maximum absolute atomic E-state index is 8.95. The number of aliphatic hydroxyl groups excluding tert-OH is 1. The Kier molecular flexibility index (Phi) is 3.73. The summed E-state index contributed by atoms with van der Waals surface area (Å²) in [5, 5.41) is 10.1. The van der Waals surface area contributed by atoms with E-state index in [1.165, 1.54) is 0 Å². The lowest BCUT2D eigenvalue weighted by molar-refractivity contribution is 0.282. The Morgan fingerprint density at radius 1 is 0.923 bits per heavy atom. The van der Waals surface area contributed by atoms with E-state index in [4.69, 9.17) is 51.5 Å². The molecule has 1 nitrogen and oxygen atoms in total. The fourth-order valence-corrected chi connectivity index (χ4v) is 2.03. The lowest BCUT2D eigenvalue weighted by Crippen LogP contribution is -1.92. The van der Waals surface area contributed by atoms with Gasteiger partial charge in [0.1, 0.15) is 0 Å². The van der Waals surface area contributed by atoms with Gasteiger partial charge in [-0.05, 0) is 12.5 Å². The molecule has 13 heavy (non-hydrogen) atoms. The largest absolute Gasteiger partial charge is 0.392 e. The Labute approximate surface area is 96.2 Å². The third-order valence-electron chi connectivity index (χ3n) is 1.73. The van der Waals surface area contributed by atoms with E-state index in [0.29, 0.717) is 21.2 Å². The van der Waals surface area contributed by atoms with Crippen molar-refractivity contribution < 1.29 is 5.11 Å². The topological polar surface area (TPSA) is 20.2 Å². The molecular weight excluding hydrogens is 254 g/mol. The third-order valence-corrected chi connectivity index (χ3v) is 3.70. The van der Waals surface area contributed by atoms with Crippen LogP contribution in [0.15, 0.2) is 0 Å². The highest BCUT2D eigenvalue weighted by atomic mass is 35.5. The van der Waals surface area contributed by atoms with Crippen molar-refractivity contribution in [3.8, 4) is 0 Å². The van der Waals surface area contributed by atoms with Gasteiger partial charge in [-0.25, -0.2) is 0 Å². The molecule has 0 atom stereocenters. The van der Waals surface area contributed by atoms with E-state index < -0.39 is 0 Å². The van der Waals surface area contributed by atoms with Gasteiger partial charge in [0.25, 0.3) is 0 Å². The zero-order chi connectivity index (χ0) is 10.2. The third kappa shape index (κ3) is 1.90. The van der Waals surface area contributed by atoms with Crippen LogP contribution < -0.4 is 0 Å². The standard InChI is InChI=1S/C8H6Cl4O/c1-3-5(9)7(11)4(2-13)8(12)6(3)10/h13H,2H2,1H3. The van der Waals surface area contributed by atoms with Crippen molar-refractivity contribution >= 4 is 46.4 Å². The molecule has 5 heteroatoms. The highest BCUT2D eigenvalue weighted by Crippen LogP contribution is 2.40. The molecule has 0 heterocycles. The highest BCUT2D eigenvalue weighted by Gasteiger charge is 2.16. The second kappa shape index (κ2) is 4.24. The number of benzene rings is 1. The van der Waals surface area contributed by atoms with Crippen LogP contribution in [0.25, 0.3) is 0 Å². The summed E-state index contributed by atoms with van der Waals surface area (Å²) >= 11 is 23.4. The summed E-state index contributed by atoms with van der Waals surface area (Å²) in [6, 6.07) is 0. The van der Waals surface area contributed by atoms with Crippen LogP contribution in [0.2, 0.25) is 20.1 Å². The van der Waals surface area contributed by atoms with E-state index in [2.05, 4.69) is 0 Å². The maximum atomic E-state index is 8.95. The van der Waals surface area contributed by atoms with Gasteiger partial charge in [-0.1, -0.05) is 46.4 Å². The first-order chi connectivity index (χ1) is 6.00. The van der Waals surface area contributed by atoms with Gasteiger partial charge in [-0.15, -0.1) is 0 Å². The molecule has 72 valence electrons. The minimum absolute atomic E-state index is 0.260. The molecule has 0 aliphatic heterocycles. The maximum Gasteiger partial charge on any atom is 0.0712 e. The second-order valence-corrected chi connectivity index (χ2v) is 4.03. The zero-order valence-electron chi connectivity index (χ0n) is 6.67. The SMILES string of the molecule is Cc1c(Cl)c(Cl)c(CO)c(Cl)c1Cl. The summed E-state index contributed by atoms with van der Waals surface area (Å²) in [6.07, 6.45) is 0. The molecule has 1 aromatic carbocycles. The first kappa shape index (κ1) is 11.4. The lowest BCUT2D eigenvalue weighted by atomic mass is 10.1. The van der Waals surface area contributed by atoms with Crippen molar-refractivity contribution in [1.29, 1.82) is 0 Å². The molecular formula is C8H6Cl4O. The number of halogens is 4. The van der Waals surface area contributed by atoms with Crippen molar-refractivity contribution in [3.63, 3.8) is 0 Å². The summed E-state index contributed by atoms with van der Waals surface area (Å²) in [4.78, 5) is 0. The Morgan fingerprint density at radius 2 is 1.31 bits per heavy atom. The molecule has 0 fully saturated rings. The van der Waals surface area contributed by atoms with Gasteiger partial charge in [-0.2, -0.15) is 0 Å². The number of aliphatic hydroxyl groups is 1. The number of rotatable bonds is 1. The predicted molar refractivity (Wildman–Crippen MR) is 57.1 cm³/mol. The minimum Gasteiger partial charge on any atom is -0.392 e. The van der Waals surface area contributed by atoms with Crippen LogP contribution in [0, 0.1) is 6.92 Å². The van der Waals surface area contributed by atoms with Gasteiger partial charge < -0.3 is 5.11 Å². The van der Waals surface area contributed by atoms with Crippen molar-refractivity contribution in [2.75, 3.05) is 0 Å². The van der Waals surface area contributed by atoms with Gasteiger partial charge in [0.05, 0.1) is 26.7 Å². The highest BCUT2D eigenvalue weighted by molar-refractivity contribution is 6.48. The second-order valence-electron chi connectivity index (χ2n) is 2.52. The Bertz CT molecular complexity index is 319. The van der Waals surface area contributed by atoms with Crippen molar-refractivity contribution in [3.05, 3.63) is 31.2 Å². The molecule has 1 aromatic rings. The van der Waals surface area contributed by atoms with Crippen LogP contribution in [0.4, 0.5) is 0 Å². The first-order valence-electron chi connectivity index (χ1n) is 3.43. The lowest BCUT2D eigenvalue weighted by Gasteiger charge is -2.10. The summed E-state index contributed by atoms with van der Waals surface area (Å²) in [7, 11) is 0. The number of hydrogen-bond donors (Lipinski definition) is 1. The smallest absolute Gasteiger partial charge is 0.0712 e. The van der Waals surface area contributed by atoms with Gasteiger partial charge in [0.15, 0.2) is 0 Å². The van der Waals surface area contributed by atoms with Gasteiger partial charge in [0.2, 0.25) is 0 Å². The summed E-state index contributed by atoms with van der Waals surface area (Å²) in [5.74, 6) is 0. The van der Waals surface area contributed by atoms with E-state index in [0.717, 1.165) is 0 Å². The fourth-order valence-electron chi connectivity index (χ4n) is 0.926. The quantitative estimate of drug-likeness (QED) is 0.753. The average Bonchev–Trinajstić information content (AvgIpc) is 2.13. The van der Waals surface area contributed by atoms with Crippen molar-refractivity contribution in [2.24, 2.45) is 0 Å². The van der Waals surface area contributed by atoms with Gasteiger partial charge in [0, 0.05) is 5.56 Å². The fraction of sp³-hybridized carbons (Fsp3) is 0.250. The van der Waals surface area contributed by atoms with Gasteiger partial charge in [-0.3, -0.25) is 0 Å². The molecule has 1 N–H and O–H groups in total. The summed E-state index contributed by atoms with van der Waals surface area (Å²) in [6.45, 7) is 1.43. The Balaban J connectivity index is 3.56. The van der Waals surface area contributed by atoms with Crippen LogP contribution >= 0.6 is 46.4 Å². The van der Waals surface area contributed by atoms with Crippen molar-refractivity contribution in [2.45, 2.75) is 13.5 Å². The average molecular weight is 260 g/mol. The normalized spacial score (nSPS) is 10.6. The summed E-state index contributed by atoms with van der Waals surface area (Å²) < 4.78 is 0. The molecule has 0 bridgehead atoms. The van der Waals surface area contributed by atoms with Crippen LogP contribution in [-0.4, -0.2) is 5.11 Å². The molecule has 0 amide bonds. The molecule has 1 rings (SSSR count). The number of hydrogen-bond acceptors (Lipinski definition) is 1. The zero-order valence-corrected chi connectivity index (χ0v) is 9.69. The summed E-state index contributed by atoms with van der Waals surface area (Å²) in [5.41, 5.74) is 0.986. The van der Waals surface area contributed by atoms with Crippen LogP contribution in [0.1, 0.15) is 11.1 Å². The van der Waals surface area contributed by atoms with E-state index in [1.807, 2.05) is 0 Å². The Morgan fingerprint density at radius 3 is 1.62 bits per heavy atom. The monoisotopic (exact) mass is 258 g/mol. The first-order valence-corrected chi connectivity index (χ1v) is 4.94. The molecule has 0 aliphatic rings. The van der Waals surface area contributed by atoms with Crippen LogP contribution in [0.3, 0.4) is 0 Å². The van der Waals surface area contributed by atoms with E-state index in [-0.39, 0.29) is 16.7 Å². The van der Waals surface area contributed by atoms with Crippen LogP contribution in [0.5, 0.6) is 0 Å². The Hall–Kier alpha value is 0.340.